The van der Waals surface area contributed by atoms with Gasteiger partial charge in [-0.05, 0) is 67.8 Å². The fraction of sp³-hybridized carbons (Fsp3) is 0.414. The Labute approximate surface area is 236 Å². The number of alkyl halides is 1. The zero-order valence-corrected chi connectivity index (χ0v) is 22.5. The second-order valence-electron chi connectivity index (χ2n) is 10.7. The molecular weight excluding hydrogens is 532 g/mol. The molecule has 1 saturated carbocycles. The summed E-state index contributed by atoms with van der Waals surface area (Å²) in [5.74, 6) is -1.68. The lowest BCUT2D eigenvalue weighted by atomic mass is 9.92. The molecule has 5 rings (SSSR count). The number of hydrogen-bond donors (Lipinski definition) is 3. The van der Waals surface area contributed by atoms with Crippen LogP contribution in [-0.2, 0) is 9.59 Å². The van der Waals surface area contributed by atoms with Gasteiger partial charge in [0, 0.05) is 43.5 Å². The van der Waals surface area contributed by atoms with Gasteiger partial charge in [-0.15, -0.1) is 5.10 Å². The van der Waals surface area contributed by atoms with E-state index in [4.69, 9.17) is 5.73 Å². The molecule has 2 aliphatic rings. The molecule has 1 saturated heterocycles. The van der Waals surface area contributed by atoms with Crippen molar-refractivity contribution in [2.45, 2.75) is 55.8 Å². The molecular formula is C29H33F2N7O3. The molecule has 2 heterocycles. The number of benzene rings is 2. The molecule has 1 aromatic heterocycles. The fourth-order valence-corrected chi connectivity index (χ4v) is 5.25. The van der Waals surface area contributed by atoms with E-state index >= 15 is 0 Å². The third kappa shape index (κ3) is 6.76. The van der Waals surface area contributed by atoms with Crippen molar-refractivity contribution in [1.29, 1.82) is 0 Å². The van der Waals surface area contributed by atoms with Crippen molar-refractivity contribution in [2.24, 2.45) is 5.73 Å². The predicted octanol–water partition coefficient (Wildman–Crippen LogP) is 2.25. The molecule has 41 heavy (non-hydrogen) atoms. The highest BCUT2D eigenvalue weighted by Crippen LogP contribution is 2.40. The highest BCUT2D eigenvalue weighted by Gasteiger charge is 2.42. The zero-order chi connectivity index (χ0) is 29.0. The first-order valence-electron chi connectivity index (χ1n) is 13.8. The van der Waals surface area contributed by atoms with Crippen LogP contribution in [0, 0.1) is 5.82 Å². The van der Waals surface area contributed by atoms with E-state index in [0.717, 1.165) is 17.7 Å². The van der Waals surface area contributed by atoms with Crippen molar-refractivity contribution in [2.75, 3.05) is 19.6 Å². The Bertz CT molecular complexity index is 1360. The summed E-state index contributed by atoms with van der Waals surface area (Å²) in [5, 5.41) is 14.0. The Morgan fingerprint density at radius 1 is 1.07 bits per heavy atom. The largest absolute Gasteiger partial charge is 0.367 e. The van der Waals surface area contributed by atoms with Crippen LogP contribution in [0.5, 0.6) is 0 Å². The van der Waals surface area contributed by atoms with E-state index in [1.807, 2.05) is 0 Å². The number of halogens is 2. The van der Waals surface area contributed by atoms with Gasteiger partial charge in [0.15, 0.2) is 5.67 Å². The van der Waals surface area contributed by atoms with Gasteiger partial charge >= 0.3 is 0 Å². The van der Waals surface area contributed by atoms with E-state index in [1.54, 1.807) is 53.5 Å². The third-order valence-electron chi connectivity index (χ3n) is 7.89. The van der Waals surface area contributed by atoms with Crippen molar-refractivity contribution in [3.63, 3.8) is 0 Å². The number of carbonyl (C=O) groups excluding carboxylic acids is 3. The first-order valence-corrected chi connectivity index (χ1v) is 13.8. The van der Waals surface area contributed by atoms with Crippen molar-refractivity contribution in [1.82, 2.24) is 30.5 Å². The number of likely N-dealkylation sites (tertiary alicyclic amines) is 1. The lowest BCUT2D eigenvalue weighted by molar-refractivity contribution is -0.141. The lowest BCUT2D eigenvalue weighted by Crippen LogP contribution is -2.55. The maximum absolute atomic E-state index is 14.7. The second kappa shape index (κ2) is 12.1. The monoisotopic (exact) mass is 565 g/mol. The SMILES string of the molecule is NC(=O)C1(F)CCN(C(=O)C(CCCN[C@@H]2C[C@H]2c2ccc(F)cc2)NC(=O)c2ccc(-n3ccnn3)cc2)CC1. The van der Waals surface area contributed by atoms with Gasteiger partial charge in [-0.2, -0.15) is 0 Å². The van der Waals surface area contributed by atoms with Gasteiger partial charge in [-0.1, -0.05) is 17.3 Å². The minimum Gasteiger partial charge on any atom is -0.367 e. The quantitative estimate of drug-likeness (QED) is 0.305. The minimum atomic E-state index is -2.13. The number of nitrogens with one attached hydrogen (secondary N) is 2. The molecule has 1 unspecified atom stereocenters. The topological polar surface area (TPSA) is 135 Å². The summed E-state index contributed by atoms with van der Waals surface area (Å²) < 4.78 is 29.5. The van der Waals surface area contributed by atoms with Gasteiger partial charge in [-0.3, -0.25) is 14.4 Å². The van der Waals surface area contributed by atoms with E-state index in [2.05, 4.69) is 20.9 Å². The molecule has 1 aliphatic carbocycles. The number of piperidine rings is 1. The van der Waals surface area contributed by atoms with E-state index < -0.39 is 23.5 Å². The van der Waals surface area contributed by atoms with Crippen molar-refractivity contribution in [3.8, 4) is 5.69 Å². The molecule has 2 aromatic carbocycles. The molecule has 3 amide bonds. The van der Waals surface area contributed by atoms with Crippen LogP contribution in [0.25, 0.3) is 5.69 Å². The average Bonchev–Trinajstić information content (AvgIpc) is 3.53. The van der Waals surface area contributed by atoms with Crippen LogP contribution in [0.2, 0.25) is 0 Å². The Hall–Kier alpha value is -4.19. The molecule has 216 valence electrons. The summed E-state index contributed by atoms with van der Waals surface area (Å²) in [7, 11) is 0. The average molecular weight is 566 g/mol. The number of rotatable bonds is 11. The summed E-state index contributed by atoms with van der Waals surface area (Å²) in [4.78, 5) is 39.6. The molecule has 10 nitrogen and oxygen atoms in total. The molecule has 12 heteroatoms. The zero-order valence-electron chi connectivity index (χ0n) is 22.5. The van der Waals surface area contributed by atoms with Crippen molar-refractivity contribution < 1.29 is 23.2 Å². The third-order valence-corrected chi connectivity index (χ3v) is 7.89. The number of aromatic nitrogens is 3. The fourth-order valence-electron chi connectivity index (χ4n) is 5.25. The molecule has 3 atom stereocenters. The summed E-state index contributed by atoms with van der Waals surface area (Å²) in [6, 6.07) is 12.7. The Morgan fingerprint density at radius 3 is 2.41 bits per heavy atom. The number of primary amides is 1. The van der Waals surface area contributed by atoms with Gasteiger partial charge in [0.1, 0.15) is 11.9 Å². The Kier molecular flexibility index (Phi) is 8.39. The molecule has 0 spiro atoms. The second-order valence-corrected chi connectivity index (χ2v) is 10.7. The first kappa shape index (κ1) is 28.3. The molecule has 0 radical (unpaired) electrons. The molecule has 1 aliphatic heterocycles. The molecule has 0 bridgehead atoms. The van der Waals surface area contributed by atoms with E-state index in [0.29, 0.717) is 30.9 Å². The standard InChI is InChI=1S/C29H33F2N7O3/c30-21-7-3-19(4-8-21)23-18-25(23)33-13-1-2-24(27(40)37-15-11-29(31,12-16-37)28(32)41)35-26(39)20-5-9-22(10-6-20)38-17-14-34-36-38/h3-10,14,17,23-25,33H,1-2,11-13,15-16,18H2,(H2,32,41)(H,35,39)/t23-,24?,25+/m0/s1. The summed E-state index contributed by atoms with van der Waals surface area (Å²) in [6.45, 7) is 0.706. The Balaban J connectivity index is 1.19. The van der Waals surface area contributed by atoms with Crippen LogP contribution >= 0.6 is 0 Å². The maximum atomic E-state index is 14.7. The van der Waals surface area contributed by atoms with Gasteiger partial charge in [-0.25, -0.2) is 13.5 Å². The Morgan fingerprint density at radius 2 is 1.78 bits per heavy atom. The van der Waals surface area contributed by atoms with Crippen molar-refractivity contribution in [3.05, 3.63) is 77.9 Å². The predicted molar refractivity (Wildman–Crippen MR) is 146 cm³/mol. The van der Waals surface area contributed by atoms with E-state index in [1.165, 1.54) is 17.0 Å². The van der Waals surface area contributed by atoms with Crippen LogP contribution in [0.4, 0.5) is 8.78 Å². The van der Waals surface area contributed by atoms with Gasteiger partial charge in [0.2, 0.25) is 5.91 Å². The highest BCUT2D eigenvalue weighted by molar-refractivity contribution is 5.97. The number of hydrogen-bond acceptors (Lipinski definition) is 6. The summed E-state index contributed by atoms with van der Waals surface area (Å²) >= 11 is 0. The minimum absolute atomic E-state index is 0.0386. The van der Waals surface area contributed by atoms with Gasteiger partial charge < -0.3 is 21.3 Å². The van der Waals surface area contributed by atoms with Crippen LogP contribution in [0.3, 0.4) is 0 Å². The molecule has 3 aromatic rings. The number of carbonyl (C=O) groups is 3. The maximum Gasteiger partial charge on any atom is 0.255 e. The lowest BCUT2D eigenvalue weighted by Gasteiger charge is -2.36. The first-order chi connectivity index (χ1) is 19.7. The number of nitrogens with zero attached hydrogens (tertiary/aromatic N) is 4. The highest BCUT2D eigenvalue weighted by atomic mass is 19.1. The number of amides is 3. The van der Waals surface area contributed by atoms with Gasteiger partial charge in [0.25, 0.3) is 11.8 Å². The summed E-state index contributed by atoms with van der Waals surface area (Å²) in [6.07, 6.45) is 4.82. The van der Waals surface area contributed by atoms with E-state index in [9.17, 15) is 23.2 Å². The molecule has 2 fully saturated rings. The van der Waals surface area contributed by atoms with Crippen LogP contribution in [0.15, 0.2) is 60.9 Å². The van der Waals surface area contributed by atoms with Crippen LogP contribution in [0.1, 0.15) is 53.9 Å². The smallest absolute Gasteiger partial charge is 0.255 e. The van der Waals surface area contributed by atoms with Gasteiger partial charge in [0.05, 0.1) is 18.1 Å². The summed E-state index contributed by atoms with van der Waals surface area (Å²) in [5.41, 5.74) is 5.28. The normalized spacial score (nSPS) is 20.3. The van der Waals surface area contributed by atoms with E-state index in [-0.39, 0.29) is 43.7 Å². The molecule has 4 N–H and O–H groups in total. The van der Waals surface area contributed by atoms with Crippen LogP contribution in [-0.4, -0.2) is 75.0 Å². The number of nitrogens with two attached hydrogens (primary N) is 1. The van der Waals surface area contributed by atoms with Crippen LogP contribution < -0.4 is 16.4 Å². The van der Waals surface area contributed by atoms with Crippen molar-refractivity contribution >= 4 is 17.7 Å².